The molecule has 0 saturated carbocycles. The van der Waals surface area contributed by atoms with Gasteiger partial charge in [-0.1, -0.05) is 159 Å². The van der Waals surface area contributed by atoms with Gasteiger partial charge in [0, 0.05) is 13.0 Å². The molecule has 0 spiro atoms. The van der Waals surface area contributed by atoms with Gasteiger partial charge < -0.3 is 64.2 Å². The maximum absolute atomic E-state index is 13.0. The molecule has 11 unspecified atom stereocenters. The number of hydrogen-bond donors (Lipinski definition) is 7. The molecule has 2 aliphatic rings. The lowest BCUT2D eigenvalue weighted by Gasteiger charge is -2.42. The first kappa shape index (κ1) is 58.3. The summed E-state index contributed by atoms with van der Waals surface area (Å²) in [6.45, 7) is 3.57. The lowest BCUT2D eigenvalue weighted by atomic mass is 9.98. The number of allylic oxidation sites excluding steroid dienone is 6. The van der Waals surface area contributed by atoms with Crippen molar-refractivity contribution >= 4 is 5.97 Å². The fourth-order valence-corrected chi connectivity index (χ4v) is 7.83. The third-order valence-electron chi connectivity index (χ3n) is 11.9. The fraction of sp³-hybridized carbons (Fsp3) is 0.860. The Balaban J connectivity index is 1.78. The van der Waals surface area contributed by atoms with E-state index in [9.17, 15) is 40.5 Å². The molecule has 0 aromatic rings. The summed E-state index contributed by atoms with van der Waals surface area (Å²) in [5.41, 5.74) is 0. The van der Waals surface area contributed by atoms with Crippen LogP contribution in [0.15, 0.2) is 36.5 Å². The highest BCUT2D eigenvalue weighted by Crippen LogP contribution is 2.26. The Kier molecular flexibility index (Phi) is 34.8. The van der Waals surface area contributed by atoms with E-state index in [0.29, 0.717) is 13.0 Å². The summed E-state index contributed by atoms with van der Waals surface area (Å²) < 4.78 is 34.2. The molecule has 2 fully saturated rings. The van der Waals surface area contributed by atoms with Crippen molar-refractivity contribution in [1.82, 2.24) is 0 Å². The summed E-state index contributed by atoms with van der Waals surface area (Å²) in [6.07, 6.45) is 24.9. The van der Waals surface area contributed by atoms with Crippen LogP contribution in [0.2, 0.25) is 0 Å². The SMILES string of the molecule is CC/C=C\C/C=C\C/C=C\CCCCCCCCCC(=O)OC(COCCCCCCCCCCCCCCC)COC1OC(COC2OC(CO)C(O)C(O)C2O)C(O)C(O)C1O. The predicted molar refractivity (Wildman–Crippen MR) is 247 cm³/mol. The van der Waals surface area contributed by atoms with Crippen molar-refractivity contribution in [3.63, 3.8) is 0 Å². The number of aliphatic hydroxyl groups is 7. The number of carbonyl (C=O) groups is 1. The van der Waals surface area contributed by atoms with Crippen LogP contribution in [0.4, 0.5) is 0 Å². The number of esters is 1. The Morgan fingerprint density at radius 2 is 1.02 bits per heavy atom. The number of rotatable bonds is 39. The Morgan fingerprint density at radius 1 is 0.531 bits per heavy atom. The molecule has 11 atom stereocenters. The van der Waals surface area contributed by atoms with Crippen LogP contribution in [0, 0.1) is 0 Å². The maximum Gasteiger partial charge on any atom is 0.306 e. The van der Waals surface area contributed by atoms with E-state index in [4.69, 9.17) is 28.4 Å². The number of unbranched alkanes of at least 4 members (excludes halogenated alkanes) is 19. The number of aliphatic hydroxyl groups excluding tert-OH is 7. The van der Waals surface area contributed by atoms with Gasteiger partial charge in [-0.25, -0.2) is 0 Å². The second kappa shape index (κ2) is 38.2. The molecule has 0 aliphatic carbocycles. The van der Waals surface area contributed by atoms with Gasteiger partial charge in [-0.15, -0.1) is 0 Å². The summed E-state index contributed by atoms with van der Waals surface area (Å²) in [5, 5.41) is 72.0. The standard InChI is InChI=1S/C50H90O14/c1-3-5-7-9-11-13-15-17-18-19-20-21-23-25-27-29-31-33-42(52)62-39(36-59-34-32-30-28-26-24-22-16-14-12-10-8-6-4-2)37-60-49-48(58)46(56)44(54)41(64-49)38-61-50-47(57)45(55)43(53)40(35-51)63-50/h5,7,11,13,17-18,39-41,43-51,53-58H,3-4,6,8-10,12,14-16,19-38H2,1-2H3/b7-5-,13-11-,18-17-. The third kappa shape index (κ3) is 25.9. The van der Waals surface area contributed by atoms with Gasteiger partial charge in [0.2, 0.25) is 0 Å². The summed E-state index contributed by atoms with van der Waals surface area (Å²) in [4.78, 5) is 13.0. The van der Waals surface area contributed by atoms with Crippen LogP contribution in [-0.2, 0) is 33.2 Å². The minimum atomic E-state index is -1.71. The zero-order chi connectivity index (χ0) is 46.6. The molecule has 0 bridgehead atoms. The lowest BCUT2D eigenvalue weighted by Crippen LogP contribution is -2.61. The number of ether oxygens (including phenoxy) is 6. The summed E-state index contributed by atoms with van der Waals surface area (Å²) in [5.74, 6) is -0.386. The maximum atomic E-state index is 13.0. The molecular formula is C50H90O14. The van der Waals surface area contributed by atoms with Crippen LogP contribution >= 0.6 is 0 Å². The highest BCUT2D eigenvalue weighted by molar-refractivity contribution is 5.69. The van der Waals surface area contributed by atoms with E-state index in [1.165, 1.54) is 83.5 Å². The highest BCUT2D eigenvalue weighted by atomic mass is 16.7. The predicted octanol–water partition coefficient (Wildman–Crippen LogP) is 7.02. The van der Waals surface area contributed by atoms with Crippen molar-refractivity contribution in [3.05, 3.63) is 36.5 Å². The largest absolute Gasteiger partial charge is 0.457 e. The molecule has 0 amide bonds. The van der Waals surface area contributed by atoms with Crippen LogP contribution in [0.1, 0.15) is 174 Å². The van der Waals surface area contributed by atoms with Gasteiger partial charge in [-0.3, -0.25) is 4.79 Å². The van der Waals surface area contributed by atoms with E-state index in [1.807, 2.05) is 0 Å². The molecule has 0 aromatic carbocycles. The first-order valence-electron chi connectivity index (χ1n) is 25.1. The minimum absolute atomic E-state index is 0.0597. The van der Waals surface area contributed by atoms with E-state index in [0.717, 1.165) is 64.2 Å². The number of hydrogen-bond acceptors (Lipinski definition) is 14. The lowest BCUT2D eigenvalue weighted by molar-refractivity contribution is -0.332. The van der Waals surface area contributed by atoms with Crippen molar-refractivity contribution in [2.75, 3.05) is 33.0 Å². The zero-order valence-electron chi connectivity index (χ0n) is 39.5. The summed E-state index contributed by atoms with van der Waals surface area (Å²) in [6, 6.07) is 0. The molecule has 64 heavy (non-hydrogen) atoms. The molecule has 2 heterocycles. The normalized spacial score (nSPS) is 27.0. The smallest absolute Gasteiger partial charge is 0.306 e. The van der Waals surface area contributed by atoms with Crippen molar-refractivity contribution in [2.24, 2.45) is 0 Å². The molecule has 2 rings (SSSR count). The van der Waals surface area contributed by atoms with Crippen molar-refractivity contribution in [2.45, 2.75) is 242 Å². The minimum Gasteiger partial charge on any atom is -0.457 e. The van der Waals surface area contributed by atoms with E-state index in [1.54, 1.807) is 0 Å². The topological polar surface area (TPSA) is 214 Å². The van der Waals surface area contributed by atoms with Crippen LogP contribution in [0.3, 0.4) is 0 Å². The average Bonchev–Trinajstić information content (AvgIpc) is 3.29. The van der Waals surface area contributed by atoms with Gasteiger partial charge in [0.15, 0.2) is 12.6 Å². The molecule has 0 aromatic heterocycles. The molecular weight excluding hydrogens is 825 g/mol. The second-order valence-corrected chi connectivity index (χ2v) is 17.6. The number of carbonyl (C=O) groups excluding carboxylic acids is 1. The highest BCUT2D eigenvalue weighted by Gasteiger charge is 2.47. The van der Waals surface area contributed by atoms with Crippen molar-refractivity contribution in [3.8, 4) is 0 Å². The molecule has 0 radical (unpaired) electrons. The van der Waals surface area contributed by atoms with Gasteiger partial charge in [-0.05, 0) is 44.9 Å². The van der Waals surface area contributed by atoms with Crippen LogP contribution < -0.4 is 0 Å². The fourth-order valence-electron chi connectivity index (χ4n) is 7.83. The van der Waals surface area contributed by atoms with Crippen LogP contribution in [0.5, 0.6) is 0 Å². The molecule has 14 nitrogen and oxygen atoms in total. The summed E-state index contributed by atoms with van der Waals surface area (Å²) >= 11 is 0. The van der Waals surface area contributed by atoms with E-state index >= 15 is 0 Å². The van der Waals surface area contributed by atoms with Gasteiger partial charge in [0.1, 0.15) is 54.9 Å². The Bertz CT molecular complexity index is 1200. The quantitative estimate of drug-likeness (QED) is 0.0188. The van der Waals surface area contributed by atoms with Crippen molar-refractivity contribution < 1.29 is 69.0 Å². The average molecular weight is 915 g/mol. The molecule has 374 valence electrons. The van der Waals surface area contributed by atoms with Crippen LogP contribution in [-0.4, -0.2) is 142 Å². The molecule has 14 heteroatoms. The molecule has 2 saturated heterocycles. The van der Waals surface area contributed by atoms with Crippen molar-refractivity contribution in [1.29, 1.82) is 0 Å². The van der Waals surface area contributed by atoms with Gasteiger partial charge in [-0.2, -0.15) is 0 Å². The second-order valence-electron chi connectivity index (χ2n) is 17.6. The third-order valence-corrected chi connectivity index (χ3v) is 11.9. The van der Waals surface area contributed by atoms with E-state index in [-0.39, 0.29) is 25.6 Å². The van der Waals surface area contributed by atoms with Gasteiger partial charge in [0.05, 0.1) is 26.4 Å². The van der Waals surface area contributed by atoms with Gasteiger partial charge in [0.25, 0.3) is 0 Å². The Labute approximate surface area is 385 Å². The zero-order valence-corrected chi connectivity index (χ0v) is 39.5. The summed E-state index contributed by atoms with van der Waals surface area (Å²) in [7, 11) is 0. The van der Waals surface area contributed by atoms with E-state index < -0.39 is 80.7 Å². The van der Waals surface area contributed by atoms with Gasteiger partial charge >= 0.3 is 5.97 Å². The molecule has 7 N–H and O–H groups in total. The Morgan fingerprint density at radius 3 is 1.59 bits per heavy atom. The monoisotopic (exact) mass is 915 g/mol. The first-order chi connectivity index (χ1) is 31.1. The van der Waals surface area contributed by atoms with Crippen LogP contribution in [0.25, 0.3) is 0 Å². The Hall–Kier alpha value is -1.79. The van der Waals surface area contributed by atoms with E-state index in [2.05, 4.69) is 50.3 Å². The molecule has 2 aliphatic heterocycles. The first-order valence-corrected chi connectivity index (χ1v) is 25.1.